The molecule has 4 heteroatoms. The van der Waals surface area contributed by atoms with Gasteiger partial charge in [0.2, 0.25) is 0 Å². The monoisotopic (exact) mass is 264 g/mol. The van der Waals surface area contributed by atoms with Crippen LogP contribution in [0, 0.1) is 5.41 Å². The highest BCUT2D eigenvalue weighted by Gasteiger charge is 2.33. The van der Waals surface area contributed by atoms with Gasteiger partial charge < -0.3 is 9.84 Å². The fourth-order valence-electron chi connectivity index (χ4n) is 3.46. The second kappa shape index (κ2) is 5.63. The lowest BCUT2D eigenvalue weighted by Crippen LogP contribution is -2.37. The van der Waals surface area contributed by atoms with Crippen molar-refractivity contribution in [2.24, 2.45) is 5.41 Å². The lowest BCUT2D eigenvalue weighted by Gasteiger charge is -2.34. The van der Waals surface area contributed by atoms with Crippen LogP contribution in [0.3, 0.4) is 0 Å². The molecule has 3 rings (SSSR count). The summed E-state index contributed by atoms with van der Waals surface area (Å²) in [5.41, 5.74) is 0.999. The van der Waals surface area contributed by atoms with E-state index in [9.17, 15) is 5.11 Å². The number of hydrogen-bond donors (Lipinski definition) is 1. The van der Waals surface area contributed by atoms with Crippen LogP contribution >= 0.6 is 0 Å². The first-order valence-electron chi connectivity index (χ1n) is 7.54. The first kappa shape index (κ1) is 13.1. The van der Waals surface area contributed by atoms with Crippen LogP contribution in [0.15, 0.2) is 12.3 Å². The SMILES string of the molecule is OCC1(Cc2ccn(C3CCCC3)n2)CCCOC1. The maximum atomic E-state index is 9.71. The number of nitrogens with zero attached hydrogens (tertiary/aromatic N) is 2. The van der Waals surface area contributed by atoms with Crippen molar-refractivity contribution in [1.82, 2.24) is 9.78 Å². The molecular weight excluding hydrogens is 240 g/mol. The smallest absolute Gasteiger partial charge is 0.0632 e. The van der Waals surface area contributed by atoms with Gasteiger partial charge in [-0.2, -0.15) is 5.10 Å². The fourth-order valence-corrected chi connectivity index (χ4v) is 3.46. The molecule has 1 atom stereocenters. The summed E-state index contributed by atoms with van der Waals surface area (Å²) in [6.45, 7) is 1.70. The Kier molecular flexibility index (Phi) is 3.89. The van der Waals surface area contributed by atoms with Gasteiger partial charge in [0.05, 0.1) is 24.9 Å². The van der Waals surface area contributed by atoms with Gasteiger partial charge in [-0.05, 0) is 31.7 Å². The van der Waals surface area contributed by atoms with E-state index in [0.29, 0.717) is 12.6 Å². The summed E-state index contributed by atoms with van der Waals surface area (Å²) in [5.74, 6) is 0. The quantitative estimate of drug-likeness (QED) is 0.908. The Bertz CT molecular complexity index is 404. The molecule has 1 N–H and O–H groups in total. The number of ether oxygens (including phenoxy) is 1. The van der Waals surface area contributed by atoms with Crippen LogP contribution < -0.4 is 0 Å². The second-order valence-electron chi connectivity index (χ2n) is 6.22. The topological polar surface area (TPSA) is 47.3 Å². The number of aliphatic hydroxyl groups is 1. The highest BCUT2D eigenvalue weighted by atomic mass is 16.5. The number of hydrogen-bond acceptors (Lipinski definition) is 3. The molecule has 19 heavy (non-hydrogen) atoms. The summed E-state index contributed by atoms with van der Waals surface area (Å²) in [7, 11) is 0. The van der Waals surface area contributed by atoms with E-state index in [4.69, 9.17) is 9.84 Å². The summed E-state index contributed by atoms with van der Waals surface area (Å²) in [4.78, 5) is 0. The zero-order valence-corrected chi connectivity index (χ0v) is 11.6. The van der Waals surface area contributed by atoms with Crippen LogP contribution in [0.5, 0.6) is 0 Å². The van der Waals surface area contributed by atoms with E-state index in [1.807, 2.05) is 0 Å². The van der Waals surface area contributed by atoms with Gasteiger partial charge in [0.15, 0.2) is 0 Å². The summed E-state index contributed by atoms with van der Waals surface area (Å²) in [6, 6.07) is 2.71. The van der Waals surface area contributed by atoms with E-state index in [-0.39, 0.29) is 12.0 Å². The van der Waals surface area contributed by atoms with E-state index in [0.717, 1.165) is 31.6 Å². The molecule has 0 bridgehead atoms. The Hall–Kier alpha value is -0.870. The summed E-state index contributed by atoms with van der Waals surface area (Å²) in [6.07, 6.45) is 10.2. The van der Waals surface area contributed by atoms with Gasteiger partial charge in [-0.25, -0.2) is 0 Å². The van der Waals surface area contributed by atoms with Crippen molar-refractivity contribution >= 4 is 0 Å². The number of rotatable bonds is 4. The average molecular weight is 264 g/mol. The minimum atomic E-state index is -0.104. The Morgan fingerprint density at radius 3 is 2.89 bits per heavy atom. The van der Waals surface area contributed by atoms with Crippen molar-refractivity contribution in [3.8, 4) is 0 Å². The molecule has 0 radical (unpaired) electrons. The van der Waals surface area contributed by atoms with Crippen LogP contribution in [0.4, 0.5) is 0 Å². The van der Waals surface area contributed by atoms with E-state index >= 15 is 0 Å². The largest absolute Gasteiger partial charge is 0.396 e. The molecule has 4 nitrogen and oxygen atoms in total. The molecule has 0 aromatic carbocycles. The fraction of sp³-hybridized carbons (Fsp3) is 0.800. The van der Waals surface area contributed by atoms with Crippen molar-refractivity contribution in [3.05, 3.63) is 18.0 Å². The Balaban J connectivity index is 1.68. The highest BCUT2D eigenvalue weighted by molar-refractivity contribution is 5.05. The van der Waals surface area contributed by atoms with E-state index < -0.39 is 0 Å². The standard InChI is InChI=1S/C15H24N2O2/c18-11-15(7-3-9-19-12-15)10-13-6-8-17(16-13)14-4-1-2-5-14/h6,8,14,18H,1-5,7,9-12H2. The maximum absolute atomic E-state index is 9.71. The van der Waals surface area contributed by atoms with Crippen LogP contribution in [0.2, 0.25) is 0 Å². The predicted octanol–water partition coefficient (Wildman–Crippen LogP) is 2.33. The minimum Gasteiger partial charge on any atom is -0.396 e. The van der Waals surface area contributed by atoms with Crippen molar-refractivity contribution < 1.29 is 9.84 Å². The van der Waals surface area contributed by atoms with Gasteiger partial charge >= 0.3 is 0 Å². The Morgan fingerprint density at radius 1 is 1.37 bits per heavy atom. The van der Waals surface area contributed by atoms with Crippen LogP contribution in [-0.4, -0.2) is 34.7 Å². The molecular formula is C15H24N2O2. The molecule has 2 heterocycles. The lowest BCUT2D eigenvalue weighted by molar-refractivity contribution is -0.0384. The first-order chi connectivity index (χ1) is 9.31. The lowest BCUT2D eigenvalue weighted by atomic mass is 9.79. The Labute approximate surface area is 114 Å². The molecule has 1 aliphatic carbocycles. The molecule has 1 saturated carbocycles. The predicted molar refractivity (Wildman–Crippen MR) is 73.0 cm³/mol. The third kappa shape index (κ3) is 2.84. The number of aromatic nitrogens is 2. The summed E-state index contributed by atoms with van der Waals surface area (Å²) in [5, 5.41) is 14.4. The van der Waals surface area contributed by atoms with E-state index in [1.165, 1.54) is 25.7 Å². The summed E-state index contributed by atoms with van der Waals surface area (Å²) >= 11 is 0. The molecule has 2 aliphatic rings. The van der Waals surface area contributed by atoms with Crippen molar-refractivity contribution in [1.29, 1.82) is 0 Å². The molecule has 1 saturated heterocycles. The molecule has 2 fully saturated rings. The molecule has 106 valence electrons. The van der Waals surface area contributed by atoms with E-state index in [2.05, 4.69) is 16.9 Å². The normalized spacial score (nSPS) is 28.9. The van der Waals surface area contributed by atoms with Crippen LogP contribution in [-0.2, 0) is 11.2 Å². The molecule has 1 aromatic heterocycles. The summed E-state index contributed by atoms with van der Waals surface area (Å²) < 4.78 is 7.70. The van der Waals surface area contributed by atoms with Gasteiger partial charge in [0.25, 0.3) is 0 Å². The minimum absolute atomic E-state index is 0.104. The maximum Gasteiger partial charge on any atom is 0.0632 e. The molecule has 1 aromatic rings. The highest BCUT2D eigenvalue weighted by Crippen LogP contribution is 2.33. The zero-order valence-electron chi connectivity index (χ0n) is 11.6. The molecule has 1 unspecified atom stereocenters. The van der Waals surface area contributed by atoms with Crippen molar-refractivity contribution in [3.63, 3.8) is 0 Å². The number of aliphatic hydroxyl groups excluding tert-OH is 1. The van der Waals surface area contributed by atoms with Crippen LogP contribution in [0.25, 0.3) is 0 Å². The van der Waals surface area contributed by atoms with Crippen molar-refractivity contribution in [2.45, 2.75) is 51.0 Å². The molecule has 0 amide bonds. The van der Waals surface area contributed by atoms with E-state index in [1.54, 1.807) is 0 Å². The van der Waals surface area contributed by atoms with Crippen LogP contribution in [0.1, 0.15) is 50.3 Å². The average Bonchev–Trinajstić information content (AvgIpc) is 3.10. The third-order valence-corrected chi connectivity index (χ3v) is 4.66. The molecule has 1 aliphatic heterocycles. The van der Waals surface area contributed by atoms with Gasteiger partial charge in [-0.3, -0.25) is 4.68 Å². The van der Waals surface area contributed by atoms with Gasteiger partial charge in [-0.1, -0.05) is 12.8 Å². The van der Waals surface area contributed by atoms with Crippen molar-refractivity contribution in [2.75, 3.05) is 19.8 Å². The first-order valence-corrected chi connectivity index (χ1v) is 7.54. The third-order valence-electron chi connectivity index (χ3n) is 4.66. The van der Waals surface area contributed by atoms with Gasteiger partial charge in [0.1, 0.15) is 0 Å². The molecule has 0 spiro atoms. The zero-order chi connectivity index (χ0) is 13.1. The Morgan fingerprint density at radius 2 is 2.21 bits per heavy atom. The van der Waals surface area contributed by atoms with Gasteiger partial charge in [-0.15, -0.1) is 0 Å². The second-order valence-corrected chi connectivity index (χ2v) is 6.22. The van der Waals surface area contributed by atoms with Gasteiger partial charge in [0, 0.05) is 24.6 Å².